The molecular weight excluding hydrogens is 410 g/mol. The molecule has 0 aliphatic carbocycles. The van der Waals surface area contributed by atoms with E-state index >= 15 is 0 Å². The van der Waals surface area contributed by atoms with Crippen LogP contribution < -0.4 is 5.32 Å². The Hall–Kier alpha value is -3.19. The average Bonchev–Trinajstić information content (AvgIpc) is 2.72. The minimum absolute atomic E-state index is 0.145. The highest BCUT2D eigenvalue weighted by molar-refractivity contribution is 5.91. The van der Waals surface area contributed by atoms with Crippen molar-refractivity contribution in [1.29, 1.82) is 0 Å². The van der Waals surface area contributed by atoms with E-state index in [1.165, 1.54) is 24.3 Å². The first-order chi connectivity index (χ1) is 15.0. The maximum Gasteiger partial charge on any atom is 0.345 e. The van der Waals surface area contributed by atoms with Crippen LogP contribution in [0.1, 0.15) is 64.0 Å². The number of aliphatic carboxylic acids is 1. The van der Waals surface area contributed by atoms with Crippen LogP contribution >= 0.6 is 0 Å². The minimum Gasteiger partial charge on any atom is -0.479 e. The maximum atomic E-state index is 12.3. The molecule has 0 radical (unpaired) electrons. The fourth-order valence-electron chi connectivity index (χ4n) is 3.26. The van der Waals surface area contributed by atoms with E-state index in [0.29, 0.717) is 31.4 Å². The highest BCUT2D eigenvalue weighted by atomic mass is 16.6. The van der Waals surface area contributed by atoms with E-state index in [9.17, 15) is 24.6 Å². The van der Waals surface area contributed by atoms with Crippen molar-refractivity contribution in [3.05, 3.63) is 65.7 Å². The second-order valence-electron chi connectivity index (χ2n) is 8.66. The molecule has 3 N–H and O–H groups in total. The van der Waals surface area contributed by atoms with Crippen molar-refractivity contribution >= 4 is 23.5 Å². The molecule has 0 aliphatic rings. The fourth-order valence-corrected chi connectivity index (χ4v) is 3.26. The van der Waals surface area contributed by atoms with E-state index in [-0.39, 0.29) is 29.4 Å². The van der Waals surface area contributed by atoms with Crippen molar-refractivity contribution in [3.8, 4) is 0 Å². The van der Waals surface area contributed by atoms with Crippen LogP contribution in [0.5, 0.6) is 0 Å². The molecule has 2 aromatic rings. The number of anilines is 1. The summed E-state index contributed by atoms with van der Waals surface area (Å²) in [5.74, 6) is -1.88. The van der Waals surface area contributed by atoms with Crippen LogP contribution in [0.25, 0.3) is 0 Å². The van der Waals surface area contributed by atoms with Gasteiger partial charge in [-0.2, -0.15) is 0 Å². The van der Waals surface area contributed by atoms with Crippen molar-refractivity contribution in [2.24, 2.45) is 0 Å². The first-order valence-corrected chi connectivity index (χ1v) is 10.7. The molecular formula is C25H31NO6. The molecule has 7 heteroatoms. The molecule has 0 aliphatic heterocycles. The predicted molar refractivity (Wildman–Crippen MR) is 121 cm³/mol. The molecule has 0 aromatic heterocycles. The third-order valence-electron chi connectivity index (χ3n) is 4.77. The molecule has 7 nitrogen and oxygen atoms in total. The highest BCUT2D eigenvalue weighted by Gasteiger charge is 2.40. The van der Waals surface area contributed by atoms with Crippen LogP contribution in [-0.2, 0) is 24.7 Å². The van der Waals surface area contributed by atoms with E-state index in [4.69, 9.17) is 4.74 Å². The Morgan fingerprint density at radius 2 is 1.50 bits per heavy atom. The standard InChI is InChI=1S/C25H31NO6/c1-24(2,3)32-22(28)16-9-5-8-15-21(27)26-20-14-10-13-19(17-20)25(31,23(29)30)18-11-6-4-7-12-18/h4,6-7,10-14,17,31H,5,8-9,15-16H2,1-3H3,(H,26,27)(H,29,30). The van der Waals surface area contributed by atoms with E-state index < -0.39 is 17.2 Å². The number of rotatable bonds is 10. The second kappa shape index (κ2) is 10.9. The molecule has 0 saturated heterocycles. The zero-order chi connectivity index (χ0) is 23.8. The van der Waals surface area contributed by atoms with E-state index in [2.05, 4.69) is 5.32 Å². The molecule has 1 atom stereocenters. The van der Waals surface area contributed by atoms with Gasteiger partial charge < -0.3 is 20.3 Å². The van der Waals surface area contributed by atoms with Gasteiger partial charge in [0, 0.05) is 24.1 Å². The first kappa shape index (κ1) is 25.1. The molecule has 2 aromatic carbocycles. The molecule has 2 rings (SSSR count). The molecule has 172 valence electrons. The molecule has 1 unspecified atom stereocenters. The number of aliphatic hydroxyl groups is 1. The average molecular weight is 442 g/mol. The number of esters is 1. The van der Waals surface area contributed by atoms with Gasteiger partial charge in [-0.05, 0) is 51.3 Å². The largest absolute Gasteiger partial charge is 0.479 e. The number of hydrogen-bond donors (Lipinski definition) is 3. The Bertz CT molecular complexity index is 935. The first-order valence-electron chi connectivity index (χ1n) is 10.7. The zero-order valence-electron chi connectivity index (χ0n) is 18.8. The summed E-state index contributed by atoms with van der Waals surface area (Å²) in [6, 6.07) is 14.3. The third-order valence-corrected chi connectivity index (χ3v) is 4.77. The van der Waals surface area contributed by atoms with Gasteiger partial charge in [0.25, 0.3) is 0 Å². The summed E-state index contributed by atoms with van der Waals surface area (Å²) < 4.78 is 5.25. The molecule has 0 spiro atoms. The van der Waals surface area contributed by atoms with Crippen LogP contribution in [0.2, 0.25) is 0 Å². The smallest absolute Gasteiger partial charge is 0.345 e. The van der Waals surface area contributed by atoms with Gasteiger partial charge in [-0.15, -0.1) is 0 Å². The molecule has 0 heterocycles. The number of ether oxygens (including phenoxy) is 1. The number of carboxylic acid groups (broad SMARTS) is 1. The van der Waals surface area contributed by atoms with Gasteiger partial charge in [0.05, 0.1) is 0 Å². The number of amides is 1. The van der Waals surface area contributed by atoms with Crippen LogP contribution in [0.15, 0.2) is 54.6 Å². The number of unbranched alkanes of at least 4 members (excludes halogenated alkanes) is 2. The Morgan fingerprint density at radius 3 is 2.12 bits per heavy atom. The number of carbonyl (C=O) groups excluding carboxylic acids is 2. The summed E-state index contributed by atoms with van der Waals surface area (Å²) in [5, 5.41) is 23.4. The number of carbonyl (C=O) groups is 3. The minimum atomic E-state index is -2.23. The number of nitrogens with one attached hydrogen (secondary N) is 1. The molecule has 1 amide bonds. The predicted octanol–water partition coefficient (Wildman–Crippen LogP) is 4.24. The lowest BCUT2D eigenvalue weighted by Gasteiger charge is -2.25. The third kappa shape index (κ3) is 7.20. The van der Waals surface area contributed by atoms with Crippen molar-refractivity contribution in [2.75, 3.05) is 5.32 Å². The SMILES string of the molecule is CC(C)(C)OC(=O)CCCCCC(=O)Nc1cccc(C(O)(C(=O)O)c2ccccc2)c1. The maximum absolute atomic E-state index is 12.3. The number of benzene rings is 2. The van der Waals surface area contributed by atoms with Crippen molar-refractivity contribution < 1.29 is 29.3 Å². The Labute approximate surface area is 188 Å². The van der Waals surface area contributed by atoms with Gasteiger partial charge in [-0.25, -0.2) is 4.79 Å². The van der Waals surface area contributed by atoms with Crippen molar-refractivity contribution in [2.45, 2.75) is 64.1 Å². The summed E-state index contributed by atoms with van der Waals surface area (Å²) >= 11 is 0. The summed E-state index contributed by atoms with van der Waals surface area (Å²) in [7, 11) is 0. The molecule has 0 bridgehead atoms. The Kier molecular flexibility index (Phi) is 8.55. The Morgan fingerprint density at radius 1 is 0.875 bits per heavy atom. The lowest BCUT2D eigenvalue weighted by Crippen LogP contribution is -2.36. The normalized spacial score (nSPS) is 13.1. The lowest BCUT2D eigenvalue weighted by molar-refractivity contribution is -0.155. The summed E-state index contributed by atoms with van der Waals surface area (Å²) in [6.07, 6.45) is 2.53. The molecule has 0 fully saturated rings. The van der Waals surface area contributed by atoms with Gasteiger partial charge in [0.1, 0.15) is 5.60 Å². The summed E-state index contributed by atoms with van der Waals surface area (Å²) in [4.78, 5) is 35.9. The summed E-state index contributed by atoms with van der Waals surface area (Å²) in [5.41, 5.74) is -1.97. The van der Waals surface area contributed by atoms with E-state index in [1.54, 1.807) is 30.3 Å². The van der Waals surface area contributed by atoms with E-state index in [0.717, 1.165) is 0 Å². The van der Waals surface area contributed by atoms with Gasteiger partial charge in [0.2, 0.25) is 11.5 Å². The van der Waals surface area contributed by atoms with Crippen LogP contribution in [0.4, 0.5) is 5.69 Å². The monoisotopic (exact) mass is 441 g/mol. The topological polar surface area (TPSA) is 113 Å². The van der Waals surface area contributed by atoms with E-state index in [1.807, 2.05) is 20.8 Å². The zero-order valence-corrected chi connectivity index (χ0v) is 18.8. The highest BCUT2D eigenvalue weighted by Crippen LogP contribution is 2.31. The summed E-state index contributed by atoms with van der Waals surface area (Å²) in [6.45, 7) is 5.46. The Balaban J connectivity index is 1.92. The number of hydrogen-bond acceptors (Lipinski definition) is 5. The van der Waals surface area contributed by atoms with Crippen LogP contribution in [0.3, 0.4) is 0 Å². The van der Waals surface area contributed by atoms with Crippen molar-refractivity contribution in [3.63, 3.8) is 0 Å². The van der Waals surface area contributed by atoms with Crippen LogP contribution in [0, 0.1) is 0 Å². The van der Waals surface area contributed by atoms with Crippen molar-refractivity contribution in [1.82, 2.24) is 0 Å². The number of carboxylic acids is 1. The second-order valence-corrected chi connectivity index (χ2v) is 8.66. The lowest BCUT2D eigenvalue weighted by atomic mass is 9.86. The molecule has 32 heavy (non-hydrogen) atoms. The quantitative estimate of drug-likeness (QED) is 0.375. The van der Waals surface area contributed by atoms with Gasteiger partial charge >= 0.3 is 11.9 Å². The van der Waals surface area contributed by atoms with Gasteiger partial charge in [-0.3, -0.25) is 9.59 Å². The fraction of sp³-hybridized carbons (Fsp3) is 0.400. The van der Waals surface area contributed by atoms with Gasteiger partial charge in [-0.1, -0.05) is 48.9 Å². The van der Waals surface area contributed by atoms with Crippen LogP contribution in [-0.4, -0.2) is 33.7 Å². The van der Waals surface area contributed by atoms with Gasteiger partial charge in [0.15, 0.2) is 0 Å². The molecule has 0 saturated carbocycles.